The van der Waals surface area contributed by atoms with Crippen LogP contribution in [0.15, 0.2) is 42.5 Å². The van der Waals surface area contributed by atoms with Crippen LogP contribution in [0.3, 0.4) is 0 Å². The summed E-state index contributed by atoms with van der Waals surface area (Å²) in [6.07, 6.45) is 8.25. The van der Waals surface area contributed by atoms with Crippen LogP contribution in [0.25, 0.3) is 10.8 Å². The monoisotopic (exact) mass is 268 g/mol. The van der Waals surface area contributed by atoms with E-state index in [0.717, 1.165) is 11.7 Å². The van der Waals surface area contributed by atoms with E-state index in [0.29, 0.717) is 6.10 Å². The van der Waals surface area contributed by atoms with Gasteiger partial charge in [0.15, 0.2) is 0 Å². The van der Waals surface area contributed by atoms with Crippen molar-refractivity contribution in [3.8, 4) is 5.75 Å². The van der Waals surface area contributed by atoms with Crippen LogP contribution in [0.1, 0.15) is 45.4 Å². The van der Waals surface area contributed by atoms with Gasteiger partial charge in [-0.1, -0.05) is 50.1 Å². The number of rotatable bonds is 4. The summed E-state index contributed by atoms with van der Waals surface area (Å²) < 4.78 is 6.19. The van der Waals surface area contributed by atoms with Crippen molar-refractivity contribution in [1.29, 1.82) is 0 Å². The van der Waals surface area contributed by atoms with E-state index >= 15 is 0 Å². The summed E-state index contributed by atoms with van der Waals surface area (Å²) in [5, 5.41) is 2.55. The SMILES string of the molecule is CCCC1CCC(Oc2ccc3ccccc3c2)CC1. The minimum Gasteiger partial charge on any atom is -0.490 e. The first-order valence-corrected chi connectivity index (χ1v) is 8.00. The van der Waals surface area contributed by atoms with Gasteiger partial charge in [-0.15, -0.1) is 0 Å². The number of benzene rings is 2. The quantitative estimate of drug-likeness (QED) is 0.703. The van der Waals surface area contributed by atoms with Gasteiger partial charge in [-0.25, -0.2) is 0 Å². The van der Waals surface area contributed by atoms with Crippen LogP contribution in [-0.4, -0.2) is 6.10 Å². The van der Waals surface area contributed by atoms with Crippen LogP contribution in [0.5, 0.6) is 5.75 Å². The molecule has 0 saturated heterocycles. The maximum Gasteiger partial charge on any atom is 0.120 e. The van der Waals surface area contributed by atoms with Crippen LogP contribution in [0, 0.1) is 5.92 Å². The van der Waals surface area contributed by atoms with Crippen molar-refractivity contribution in [1.82, 2.24) is 0 Å². The standard InChI is InChI=1S/C19H24O/c1-2-5-15-8-11-18(12-9-15)20-19-13-10-16-6-3-4-7-17(16)14-19/h3-4,6-7,10,13-15,18H,2,5,8-9,11-12H2,1H3. The first kappa shape index (κ1) is 13.5. The topological polar surface area (TPSA) is 9.23 Å². The lowest BCUT2D eigenvalue weighted by molar-refractivity contribution is 0.128. The molecule has 0 radical (unpaired) electrons. The van der Waals surface area contributed by atoms with E-state index in [1.165, 1.54) is 49.3 Å². The molecule has 0 heterocycles. The van der Waals surface area contributed by atoms with Crippen LogP contribution in [-0.2, 0) is 0 Å². The molecule has 106 valence electrons. The predicted octanol–water partition coefficient (Wildman–Crippen LogP) is 5.58. The lowest BCUT2D eigenvalue weighted by Gasteiger charge is -2.28. The number of hydrogen-bond donors (Lipinski definition) is 0. The second kappa shape index (κ2) is 6.30. The lowest BCUT2D eigenvalue weighted by Crippen LogP contribution is -2.24. The van der Waals surface area contributed by atoms with Gasteiger partial charge in [0.1, 0.15) is 5.75 Å². The zero-order chi connectivity index (χ0) is 13.8. The van der Waals surface area contributed by atoms with Gasteiger partial charge in [0.25, 0.3) is 0 Å². The van der Waals surface area contributed by atoms with E-state index in [9.17, 15) is 0 Å². The summed E-state index contributed by atoms with van der Waals surface area (Å²) in [4.78, 5) is 0. The molecule has 3 rings (SSSR count). The van der Waals surface area contributed by atoms with E-state index in [4.69, 9.17) is 4.74 Å². The van der Waals surface area contributed by atoms with Crippen molar-refractivity contribution in [2.45, 2.75) is 51.6 Å². The van der Waals surface area contributed by atoms with Crippen molar-refractivity contribution in [3.05, 3.63) is 42.5 Å². The second-order valence-electron chi connectivity index (χ2n) is 6.06. The zero-order valence-corrected chi connectivity index (χ0v) is 12.3. The van der Waals surface area contributed by atoms with Gasteiger partial charge in [0.05, 0.1) is 6.10 Å². The molecular formula is C19H24O. The van der Waals surface area contributed by atoms with E-state index in [1.54, 1.807) is 0 Å². The van der Waals surface area contributed by atoms with Gasteiger partial charge in [-0.05, 0) is 54.5 Å². The zero-order valence-electron chi connectivity index (χ0n) is 12.3. The van der Waals surface area contributed by atoms with Gasteiger partial charge in [0, 0.05) is 0 Å². The van der Waals surface area contributed by atoms with Gasteiger partial charge in [-0.3, -0.25) is 0 Å². The van der Waals surface area contributed by atoms with Crippen LogP contribution in [0.4, 0.5) is 0 Å². The maximum atomic E-state index is 6.19. The first-order valence-electron chi connectivity index (χ1n) is 8.00. The molecule has 1 heteroatoms. The highest BCUT2D eigenvalue weighted by Crippen LogP contribution is 2.31. The normalized spacial score (nSPS) is 22.9. The molecule has 0 bridgehead atoms. The molecule has 0 spiro atoms. The van der Waals surface area contributed by atoms with Crippen molar-refractivity contribution in [2.24, 2.45) is 5.92 Å². The Labute approximate surface area is 122 Å². The molecule has 1 fully saturated rings. The smallest absolute Gasteiger partial charge is 0.120 e. The molecule has 0 atom stereocenters. The Morgan fingerprint density at radius 3 is 2.45 bits per heavy atom. The Morgan fingerprint density at radius 2 is 1.70 bits per heavy atom. The Kier molecular flexibility index (Phi) is 4.25. The molecule has 0 aromatic heterocycles. The third kappa shape index (κ3) is 3.15. The summed E-state index contributed by atoms with van der Waals surface area (Å²) in [6.45, 7) is 2.29. The van der Waals surface area contributed by atoms with Crippen molar-refractivity contribution < 1.29 is 4.74 Å². The van der Waals surface area contributed by atoms with E-state index in [1.807, 2.05) is 0 Å². The van der Waals surface area contributed by atoms with Gasteiger partial charge in [-0.2, -0.15) is 0 Å². The van der Waals surface area contributed by atoms with Crippen molar-refractivity contribution in [3.63, 3.8) is 0 Å². The molecule has 0 aliphatic heterocycles. The average molecular weight is 268 g/mol. The Bertz CT molecular complexity index is 552. The number of hydrogen-bond acceptors (Lipinski definition) is 1. The maximum absolute atomic E-state index is 6.19. The van der Waals surface area contributed by atoms with Crippen LogP contribution in [0.2, 0.25) is 0 Å². The molecule has 2 aromatic rings. The molecule has 0 amide bonds. The van der Waals surface area contributed by atoms with Gasteiger partial charge in [0.2, 0.25) is 0 Å². The summed E-state index contributed by atoms with van der Waals surface area (Å²) in [5.41, 5.74) is 0. The van der Waals surface area contributed by atoms with E-state index < -0.39 is 0 Å². The molecular weight excluding hydrogens is 244 g/mol. The van der Waals surface area contributed by atoms with E-state index in [2.05, 4.69) is 49.4 Å². The molecule has 1 aliphatic carbocycles. The number of ether oxygens (including phenoxy) is 1. The molecule has 0 unspecified atom stereocenters. The first-order chi connectivity index (χ1) is 9.85. The minimum absolute atomic E-state index is 0.421. The third-order valence-corrected chi connectivity index (χ3v) is 4.51. The van der Waals surface area contributed by atoms with Crippen molar-refractivity contribution in [2.75, 3.05) is 0 Å². The summed E-state index contributed by atoms with van der Waals surface area (Å²) in [5.74, 6) is 1.97. The van der Waals surface area contributed by atoms with Crippen LogP contribution >= 0.6 is 0 Å². The summed E-state index contributed by atoms with van der Waals surface area (Å²) in [6, 6.07) is 14.9. The minimum atomic E-state index is 0.421. The fraction of sp³-hybridized carbons (Fsp3) is 0.474. The molecule has 2 aromatic carbocycles. The Morgan fingerprint density at radius 1 is 0.950 bits per heavy atom. The highest BCUT2D eigenvalue weighted by atomic mass is 16.5. The summed E-state index contributed by atoms with van der Waals surface area (Å²) in [7, 11) is 0. The third-order valence-electron chi connectivity index (χ3n) is 4.51. The molecule has 20 heavy (non-hydrogen) atoms. The molecule has 0 N–H and O–H groups in total. The average Bonchev–Trinajstić information content (AvgIpc) is 2.49. The predicted molar refractivity (Wildman–Crippen MR) is 85.2 cm³/mol. The van der Waals surface area contributed by atoms with Crippen LogP contribution < -0.4 is 4.74 Å². The second-order valence-corrected chi connectivity index (χ2v) is 6.06. The van der Waals surface area contributed by atoms with Crippen molar-refractivity contribution >= 4 is 10.8 Å². The fourth-order valence-electron chi connectivity index (χ4n) is 3.38. The Hall–Kier alpha value is -1.50. The number of fused-ring (bicyclic) bond motifs is 1. The molecule has 1 saturated carbocycles. The Balaban J connectivity index is 1.62. The van der Waals surface area contributed by atoms with E-state index in [-0.39, 0.29) is 0 Å². The highest BCUT2D eigenvalue weighted by molar-refractivity contribution is 5.83. The molecule has 1 nitrogen and oxygen atoms in total. The summed E-state index contributed by atoms with van der Waals surface area (Å²) >= 11 is 0. The van der Waals surface area contributed by atoms with Gasteiger partial charge < -0.3 is 4.74 Å². The highest BCUT2D eigenvalue weighted by Gasteiger charge is 2.21. The lowest BCUT2D eigenvalue weighted by atomic mass is 9.85. The molecule has 1 aliphatic rings. The fourth-order valence-corrected chi connectivity index (χ4v) is 3.38. The largest absolute Gasteiger partial charge is 0.490 e. The van der Waals surface area contributed by atoms with Gasteiger partial charge >= 0.3 is 0 Å².